The zero-order valence-electron chi connectivity index (χ0n) is 12.1. The Morgan fingerprint density at radius 2 is 2.05 bits per heavy atom. The summed E-state index contributed by atoms with van der Waals surface area (Å²) >= 11 is 1.09. The smallest absolute Gasteiger partial charge is 0.329 e. The molecule has 112 valence electrons. The molecule has 0 radical (unpaired) electrons. The average molecular weight is 309 g/mol. The summed E-state index contributed by atoms with van der Waals surface area (Å²) in [7, 11) is 1.43. The van der Waals surface area contributed by atoms with Gasteiger partial charge in [-0.2, -0.15) is 0 Å². The van der Waals surface area contributed by atoms with Gasteiger partial charge in [-0.15, -0.1) is 11.3 Å². The number of fused-ring (bicyclic) bond motifs is 1. The summed E-state index contributed by atoms with van der Waals surface area (Å²) in [6.45, 7) is 4.55. The molecule has 0 fully saturated rings. The Kier molecular flexibility index (Phi) is 3.58. The van der Waals surface area contributed by atoms with Crippen molar-refractivity contribution in [1.82, 2.24) is 14.9 Å². The number of carboxylic acids is 1. The quantitative estimate of drug-likeness (QED) is 0.887. The van der Waals surface area contributed by atoms with E-state index in [0.717, 1.165) is 16.2 Å². The molecular weight excluding hydrogens is 294 g/mol. The number of aromatic amines is 1. The van der Waals surface area contributed by atoms with Crippen LogP contribution >= 0.6 is 11.3 Å². The van der Waals surface area contributed by atoms with Crippen LogP contribution in [0.2, 0.25) is 0 Å². The number of rotatable bonds is 3. The number of hydrogen-bond donors (Lipinski definition) is 2. The van der Waals surface area contributed by atoms with Crippen LogP contribution < -0.4 is 5.56 Å². The second-order valence-corrected chi connectivity index (χ2v) is 6.20. The second kappa shape index (κ2) is 4.96. The molecule has 21 heavy (non-hydrogen) atoms. The molecule has 0 aromatic carbocycles. The van der Waals surface area contributed by atoms with E-state index in [1.165, 1.54) is 27.2 Å². The molecule has 0 unspecified atom stereocenters. The summed E-state index contributed by atoms with van der Waals surface area (Å²) in [5.74, 6) is -1.55. The van der Waals surface area contributed by atoms with Gasteiger partial charge >= 0.3 is 5.97 Å². The van der Waals surface area contributed by atoms with Crippen LogP contribution in [0.15, 0.2) is 11.1 Å². The molecule has 0 atom stereocenters. The van der Waals surface area contributed by atoms with Crippen molar-refractivity contribution in [1.29, 1.82) is 0 Å². The Morgan fingerprint density at radius 3 is 2.57 bits per heavy atom. The first kappa shape index (κ1) is 15.2. The second-order valence-electron chi connectivity index (χ2n) is 5.20. The molecule has 7 nitrogen and oxygen atoms in total. The van der Waals surface area contributed by atoms with Gasteiger partial charge in [0.2, 0.25) is 0 Å². The highest BCUT2D eigenvalue weighted by Gasteiger charge is 2.37. The minimum Gasteiger partial charge on any atom is -0.480 e. The minimum atomic E-state index is -1.35. The normalized spacial score (nSPS) is 11.6. The molecule has 2 aromatic heterocycles. The van der Waals surface area contributed by atoms with Gasteiger partial charge in [-0.05, 0) is 26.3 Å². The number of nitrogens with zero attached hydrogens (tertiary/aromatic N) is 2. The summed E-state index contributed by atoms with van der Waals surface area (Å²) in [5, 5.41) is 9.57. The zero-order valence-corrected chi connectivity index (χ0v) is 12.9. The number of thiophene rings is 1. The lowest BCUT2D eigenvalue weighted by atomic mass is 10.0. The largest absolute Gasteiger partial charge is 0.480 e. The molecular formula is C13H15N3O4S. The van der Waals surface area contributed by atoms with Crippen LogP contribution in [0, 0.1) is 6.92 Å². The van der Waals surface area contributed by atoms with E-state index < -0.39 is 17.4 Å². The highest BCUT2D eigenvalue weighted by atomic mass is 32.1. The first-order valence-corrected chi connectivity index (χ1v) is 6.98. The maximum atomic E-state index is 12.5. The lowest BCUT2D eigenvalue weighted by molar-refractivity contribution is -0.147. The fourth-order valence-corrected chi connectivity index (χ4v) is 2.96. The van der Waals surface area contributed by atoms with Crippen LogP contribution in [0.5, 0.6) is 0 Å². The van der Waals surface area contributed by atoms with Crippen LogP contribution in [0.25, 0.3) is 10.2 Å². The highest BCUT2D eigenvalue weighted by Crippen LogP contribution is 2.29. The van der Waals surface area contributed by atoms with E-state index >= 15 is 0 Å². The lowest BCUT2D eigenvalue weighted by Crippen LogP contribution is -2.50. The van der Waals surface area contributed by atoms with Crippen molar-refractivity contribution < 1.29 is 14.7 Å². The van der Waals surface area contributed by atoms with E-state index in [-0.39, 0.29) is 5.56 Å². The van der Waals surface area contributed by atoms with Crippen LogP contribution in [-0.4, -0.2) is 44.4 Å². The summed E-state index contributed by atoms with van der Waals surface area (Å²) in [5.41, 5.74) is -1.14. The number of carboxylic acid groups (broad SMARTS) is 1. The van der Waals surface area contributed by atoms with Gasteiger partial charge in [0.05, 0.1) is 16.6 Å². The Bertz CT molecular complexity index is 790. The van der Waals surface area contributed by atoms with E-state index in [4.69, 9.17) is 0 Å². The number of hydrogen-bond acceptors (Lipinski definition) is 5. The maximum absolute atomic E-state index is 12.5. The number of nitrogens with one attached hydrogen (secondary N) is 1. The number of carbonyl (C=O) groups excluding carboxylic acids is 1. The number of aliphatic carboxylic acids is 1. The Morgan fingerprint density at radius 1 is 1.43 bits per heavy atom. The average Bonchev–Trinajstić information content (AvgIpc) is 2.75. The van der Waals surface area contributed by atoms with Gasteiger partial charge in [0.25, 0.3) is 11.5 Å². The number of H-pyrrole nitrogens is 1. The van der Waals surface area contributed by atoms with E-state index in [0.29, 0.717) is 20.7 Å². The number of carbonyl (C=O) groups is 2. The van der Waals surface area contributed by atoms with Gasteiger partial charge in [0.15, 0.2) is 0 Å². The van der Waals surface area contributed by atoms with E-state index in [1.54, 1.807) is 6.92 Å². The third-order valence-electron chi connectivity index (χ3n) is 3.59. The van der Waals surface area contributed by atoms with Crippen LogP contribution in [-0.2, 0) is 4.79 Å². The molecule has 0 aliphatic rings. The maximum Gasteiger partial charge on any atom is 0.329 e. The molecule has 0 spiro atoms. The number of amides is 1. The van der Waals surface area contributed by atoms with E-state index in [1.807, 2.05) is 0 Å². The third-order valence-corrected chi connectivity index (χ3v) is 4.78. The SMILES string of the molecule is Cc1c(C(=O)N(C)C(C)(C)C(=O)O)sc2nc[nH]c(=O)c12. The standard InChI is InChI=1S/C13H15N3O4S/c1-6-7-9(17)14-5-15-10(7)21-8(6)11(18)16(4)13(2,3)12(19)20/h5H,1-4H3,(H,19,20)(H,14,15,17). The van der Waals surface area contributed by atoms with Crippen molar-refractivity contribution in [3.05, 3.63) is 27.1 Å². The molecule has 0 saturated heterocycles. The molecule has 2 heterocycles. The highest BCUT2D eigenvalue weighted by molar-refractivity contribution is 7.20. The van der Waals surface area contributed by atoms with Crippen molar-refractivity contribution in [2.75, 3.05) is 7.05 Å². The fraction of sp³-hybridized carbons (Fsp3) is 0.385. The van der Waals surface area contributed by atoms with Gasteiger partial charge < -0.3 is 15.0 Å². The lowest BCUT2D eigenvalue weighted by Gasteiger charge is -2.31. The zero-order chi connectivity index (χ0) is 15.9. The minimum absolute atomic E-state index is 0.312. The Labute approximate surface area is 124 Å². The van der Waals surface area contributed by atoms with Crippen LogP contribution in [0.3, 0.4) is 0 Å². The molecule has 0 saturated carbocycles. The molecule has 0 aliphatic carbocycles. The topological polar surface area (TPSA) is 103 Å². The molecule has 2 aromatic rings. The van der Waals surface area contributed by atoms with Crippen LogP contribution in [0.1, 0.15) is 29.1 Å². The van der Waals surface area contributed by atoms with Crippen molar-refractivity contribution in [3.63, 3.8) is 0 Å². The van der Waals surface area contributed by atoms with Crippen LogP contribution in [0.4, 0.5) is 0 Å². The molecule has 0 bridgehead atoms. The van der Waals surface area contributed by atoms with Gasteiger partial charge in [-0.3, -0.25) is 9.59 Å². The first-order chi connectivity index (χ1) is 9.67. The van der Waals surface area contributed by atoms with Gasteiger partial charge in [-0.1, -0.05) is 0 Å². The van der Waals surface area contributed by atoms with Crippen molar-refractivity contribution in [3.8, 4) is 0 Å². The van der Waals surface area contributed by atoms with Crippen molar-refractivity contribution in [2.24, 2.45) is 0 Å². The molecule has 1 amide bonds. The van der Waals surface area contributed by atoms with Gasteiger partial charge in [0, 0.05) is 7.05 Å². The summed E-state index contributed by atoms with van der Waals surface area (Å²) in [6, 6.07) is 0. The van der Waals surface area contributed by atoms with E-state index in [9.17, 15) is 19.5 Å². The molecule has 2 rings (SSSR count). The molecule has 0 aliphatic heterocycles. The predicted molar refractivity (Wildman–Crippen MR) is 78.8 cm³/mol. The monoisotopic (exact) mass is 309 g/mol. The Hall–Kier alpha value is -2.22. The predicted octanol–water partition coefficient (Wildman–Crippen LogP) is 1.23. The summed E-state index contributed by atoms with van der Waals surface area (Å²) in [4.78, 5) is 44.0. The first-order valence-electron chi connectivity index (χ1n) is 6.16. The fourth-order valence-electron chi connectivity index (χ4n) is 1.83. The summed E-state index contributed by atoms with van der Waals surface area (Å²) < 4.78 is 0. The molecule has 8 heteroatoms. The summed E-state index contributed by atoms with van der Waals surface area (Å²) in [6.07, 6.45) is 1.28. The Balaban J connectivity index is 2.55. The van der Waals surface area contributed by atoms with Gasteiger partial charge in [-0.25, -0.2) is 9.78 Å². The van der Waals surface area contributed by atoms with E-state index in [2.05, 4.69) is 9.97 Å². The number of aryl methyl sites for hydroxylation is 1. The van der Waals surface area contributed by atoms with Crippen molar-refractivity contribution >= 4 is 33.4 Å². The number of aromatic nitrogens is 2. The number of likely N-dealkylation sites (N-methyl/N-ethyl adjacent to an activating group) is 1. The third kappa shape index (κ3) is 2.31. The van der Waals surface area contributed by atoms with Crippen molar-refractivity contribution in [2.45, 2.75) is 26.3 Å². The van der Waals surface area contributed by atoms with Gasteiger partial charge in [0.1, 0.15) is 10.4 Å². The molecule has 2 N–H and O–H groups in total.